The maximum atomic E-state index is 12.1. The lowest BCUT2D eigenvalue weighted by atomic mass is 9.89. The topological polar surface area (TPSA) is 46.2 Å². The predicted octanol–water partition coefficient (Wildman–Crippen LogP) is 2.68. The molecule has 19 heavy (non-hydrogen) atoms. The van der Waals surface area contributed by atoms with Crippen LogP contribution in [0.2, 0.25) is 0 Å². The van der Waals surface area contributed by atoms with Crippen molar-refractivity contribution in [2.45, 2.75) is 43.0 Å². The summed E-state index contributed by atoms with van der Waals surface area (Å²) in [6.45, 7) is 0.953. The Morgan fingerprint density at radius 1 is 1.11 bits per heavy atom. The van der Waals surface area contributed by atoms with Gasteiger partial charge in [0.05, 0.1) is 10.6 Å². The van der Waals surface area contributed by atoms with Crippen LogP contribution in [0.25, 0.3) is 0 Å². The first-order chi connectivity index (χ1) is 9.17. The van der Waals surface area contributed by atoms with Gasteiger partial charge in [-0.25, -0.2) is 8.42 Å². The molecule has 4 heteroatoms. The Balaban J connectivity index is 1.70. The lowest BCUT2D eigenvalue weighted by molar-refractivity contribution is 0.332. The first-order valence-corrected chi connectivity index (χ1v) is 8.87. The predicted molar refractivity (Wildman–Crippen MR) is 75.8 cm³/mol. The van der Waals surface area contributed by atoms with Crippen molar-refractivity contribution in [2.75, 3.05) is 12.3 Å². The van der Waals surface area contributed by atoms with Crippen LogP contribution in [-0.4, -0.2) is 20.7 Å². The molecular weight excluding hydrogens is 258 g/mol. The van der Waals surface area contributed by atoms with Gasteiger partial charge in [0.1, 0.15) is 0 Å². The van der Waals surface area contributed by atoms with E-state index in [0.29, 0.717) is 4.90 Å². The van der Waals surface area contributed by atoms with Gasteiger partial charge in [0.2, 0.25) is 0 Å². The quantitative estimate of drug-likeness (QED) is 0.925. The Labute approximate surface area is 115 Å². The summed E-state index contributed by atoms with van der Waals surface area (Å²) in [4.78, 5) is 0.524. The molecule has 0 amide bonds. The highest BCUT2D eigenvalue weighted by molar-refractivity contribution is 7.91. The summed E-state index contributed by atoms with van der Waals surface area (Å²) in [5, 5.41) is 3.48. The maximum Gasteiger partial charge on any atom is 0.180 e. The monoisotopic (exact) mass is 279 g/mol. The third kappa shape index (κ3) is 2.70. The summed E-state index contributed by atoms with van der Waals surface area (Å²) in [6, 6.07) is 7.39. The summed E-state index contributed by atoms with van der Waals surface area (Å²) >= 11 is 0. The van der Waals surface area contributed by atoms with Gasteiger partial charge in [-0.2, -0.15) is 0 Å². The minimum atomic E-state index is -3.07. The highest BCUT2D eigenvalue weighted by Crippen LogP contribution is 2.33. The van der Waals surface area contributed by atoms with Gasteiger partial charge in [0.15, 0.2) is 9.84 Å². The van der Waals surface area contributed by atoms with Crippen LogP contribution in [0.15, 0.2) is 29.2 Å². The first-order valence-electron chi connectivity index (χ1n) is 7.22. The maximum absolute atomic E-state index is 12.1. The first kappa shape index (κ1) is 13.1. The second-order valence-electron chi connectivity index (χ2n) is 5.78. The fourth-order valence-corrected chi connectivity index (χ4v) is 5.09. The number of sulfone groups is 1. The van der Waals surface area contributed by atoms with Crippen LogP contribution in [0.4, 0.5) is 0 Å². The van der Waals surface area contributed by atoms with Crippen LogP contribution in [0.5, 0.6) is 0 Å². The smallest absolute Gasteiger partial charge is 0.180 e. The summed E-state index contributed by atoms with van der Waals surface area (Å²) in [6.07, 6.45) is 6.58. The minimum absolute atomic E-state index is 0.0110. The number of nitrogens with one attached hydrogen (secondary N) is 1. The van der Waals surface area contributed by atoms with Crippen molar-refractivity contribution < 1.29 is 8.42 Å². The zero-order chi connectivity index (χ0) is 13.3. The zero-order valence-electron chi connectivity index (χ0n) is 11.1. The lowest BCUT2D eigenvalue weighted by Gasteiger charge is -2.23. The molecule has 1 aromatic carbocycles. The Bertz CT molecular complexity index is 547. The molecule has 0 radical (unpaired) electrons. The molecule has 3 nitrogen and oxygen atoms in total. The highest BCUT2D eigenvalue weighted by Gasteiger charge is 2.34. The van der Waals surface area contributed by atoms with E-state index in [2.05, 4.69) is 5.32 Å². The Morgan fingerprint density at radius 3 is 2.63 bits per heavy atom. The molecule has 3 rings (SSSR count). The van der Waals surface area contributed by atoms with Gasteiger partial charge in [-0.3, -0.25) is 0 Å². The average molecular weight is 279 g/mol. The van der Waals surface area contributed by atoms with Crippen LogP contribution >= 0.6 is 0 Å². The fourth-order valence-electron chi connectivity index (χ4n) is 3.32. The van der Waals surface area contributed by atoms with E-state index in [-0.39, 0.29) is 11.8 Å². The summed E-state index contributed by atoms with van der Waals surface area (Å²) in [5.41, 5.74) is 0.957. The van der Waals surface area contributed by atoms with Gasteiger partial charge in [0, 0.05) is 6.04 Å². The Hall–Kier alpha value is -0.870. The minimum Gasteiger partial charge on any atom is -0.309 e. The van der Waals surface area contributed by atoms with Gasteiger partial charge < -0.3 is 5.32 Å². The zero-order valence-corrected chi connectivity index (χ0v) is 12.0. The second kappa shape index (κ2) is 5.25. The van der Waals surface area contributed by atoms with E-state index in [1.54, 1.807) is 12.1 Å². The van der Waals surface area contributed by atoms with E-state index < -0.39 is 9.84 Å². The molecule has 104 valence electrons. The third-order valence-corrected chi connectivity index (χ3v) is 6.21. The van der Waals surface area contributed by atoms with Crippen LogP contribution in [0, 0.1) is 5.92 Å². The molecule has 1 N–H and O–H groups in total. The number of hydrogen-bond donors (Lipinski definition) is 1. The van der Waals surface area contributed by atoms with Gasteiger partial charge in [0.25, 0.3) is 0 Å². The number of fused-ring (bicyclic) bond motifs is 1. The summed E-state index contributed by atoms with van der Waals surface area (Å²) in [7, 11) is -3.07. The molecule has 1 aliphatic heterocycles. The van der Waals surface area contributed by atoms with E-state index >= 15 is 0 Å². The molecule has 1 unspecified atom stereocenters. The summed E-state index contributed by atoms with van der Waals surface area (Å²) in [5.74, 6) is 0.947. The standard InChI is InChI=1S/C15H21NO2S/c17-19(18)11-14(13-8-4-5-9-15(13)19)16-10-12-6-2-1-3-7-12/h4-5,8-9,12,14,16H,1-3,6-7,10-11H2. The Kier molecular flexibility index (Phi) is 3.63. The molecule has 2 aliphatic rings. The molecule has 1 fully saturated rings. The molecule has 1 saturated carbocycles. The molecule has 1 atom stereocenters. The van der Waals surface area contributed by atoms with Crippen LogP contribution in [0.1, 0.15) is 43.7 Å². The van der Waals surface area contributed by atoms with Crippen molar-refractivity contribution in [1.29, 1.82) is 0 Å². The SMILES string of the molecule is O=S1(=O)CC(NCC2CCCCC2)c2ccccc21. The number of hydrogen-bond acceptors (Lipinski definition) is 3. The van der Waals surface area contributed by atoms with Crippen molar-refractivity contribution in [2.24, 2.45) is 5.92 Å². The molecule has 1 aliphatic carbocycles. The van der Waals surface area contributed by atoms with Crippen molar-refractivity contribution in [3.8, 4) is 0 Å². The second-order valence-corrected chi connectivity index (χ2v) is 7.79. The van der Waals surface area contributed by atoms with Crippen LogP contribution < -0.4 is 5.32 Å². The van der Waals surface area contributed by atoms with E-state index in [1.807, 2.05) is 12.1 Å². The largest absolute Gasteiger partial charge is 0.309 e. The Morgan fingerprint density at radius 2 is 1.84 bits per heavy atom. The normalized spacial score (nSPS) is 26.2. The molecule has 0 spiro atoms. The van der Waals surface area contributed by atoms with Gasteiger partial charge >= 0.3 is 0 Å². The number of benzene rings is 1. The molecule has 1 heterocycles. The molecule has 1 aromatic rings. The summed E-state index contributed by atoms with van der Waals surface area (Å²) < 4.78 is 24.1. The lowest BCUT2D eigenvalue weighted by Crippen LogP contribution is -2.29. The van der Waals surface area contributed by atoms with Crippen LogP contribution in [0.3, 0.4) is 0 Å². The average Bonchev–Trinajstić information content (AvgIpc) is 2.70. The van der Waals surface area contributed by atoms with E-state index in [0.717, 1.165) is 18.0 Å². The fraction of sp³-hybridized carbons (Fsp3) is 0.600. The molecule has 0 aromatic heterocycles. The van der Waals surface area contributed by atoms with Crippen molar-refractivity contribution in [3.63, 3.8) is 0 Å². The molecule has 0 bridgehead atoms. The van der Waals surface area contributed by atoms with Gasteiger partial charge in [-0.15, -0.1) is 0 Å². The number of rotatable bonds is 3. The van der Waals surface area contributed by atoms with Crippen molar-refractivity contribution in [1.82, 2.24) is 5.32 Å². The molecular formula is C15H21NO2S. The van der Waals surface area contributed by atoms with Crippen molar-refractivity contribution in [3.05, 3.63) is 29.8 Å². The van der Waals surface area contributed by atoms with Gasteiger partial charge in [-0.05, 0) is 36.9 Å². The third-order valence-electron chi connectivity index (χ3n) is 4.39. The molecule has 0 saturated heterocycles. The van der Waals surface area contributed by atoms with E-state index in [4.69, 9.17) is 0 Å². The highest BCUT2D eigenvalue weighted by atomic mass is 32.2. The van der Waals surface area contributed by atoms with E-state index in [9.17, 15) is 8.42 Å². The van der Waals surface area contributed by atoms with Gasteiger partial charge in [-0.1, -0.05) is 37.5 Å². The van der Waals surface area contributed by atoms with Crippen molar-refractivity contribution >= 4 is 9.84 Å². The van der Waals surface area contributed by atoms with Crippen LogP contribution in [-0.2, 0) is 9.84 Å². The van der Waals surface area contributed by atoms with E-state index in [1.165, 1.54) is 32.1 Å².